The van der Waals surface area contributed by atoms with Crippen LogP contribution in [0.1, 0.15) is 33.9 Å². The smallest absolute Gasteiger partial charge is 0.261 e. The first-order chi connectivity index (χ1) is 10.6. The molecule has 1 saturated heterocycles. The van der Waals surface area contributed by atoms with Gasteiger partial charge in [0.1, 0.15) is 0 Å². The number of hydrogen-bond acceptors (Lipinski definition) is 5. The van der Waals surface area contributed by atoms with Gasteiger partial charge >= 0.3 is 0 Å². The average molecular weight is 381 g/mol. The number of amides is 1. The van der Waals surface area contributed by atoms with Gasteiger partial charge in [-0.1, -0.05) is 0 Å². The van der Waals surface area contributed by atoms with Gasteiger partial charge in [-0.05, 0) is 47.8 Å². The number of nitrogens with zero attached hydrogens (tertiary/aromatic N) is 3. The van der Waals surface area contributed by atoms with Crippen molar-refractivity contribution < 1.29 is 4.79 Å². The summed E-state index contributed by atoms with van der Waals surface area (Å²) in [6.07, 6.45) is 2.38. The number of nitrogens with one attached hydrogen (secondary N) is 1. The van der Waals surface area contributed by atoms with E-state index < -0.39 is 0 Å². The quantitative estimate of drug-likeness (QED) is 0.884. The van der Waals surface area contributed by atoms with Gasteiger partial charge in [-0.2, -0.15) is 0 Å². The van der Waals surface area contributed by atoms with E-state index >= 15 is 0 Å². The Labute approximate surface area is 141 Å². The lowest BCUT2D eigenvalue weighted by molar-refractivity contribution is 0.0954. The predicted octanol–water partition coefficient (Wildman–Crippen LogP) is 3.14. The molecule has 0 bridgehead atoms. The monoisotopic (exact) mass is 380 g/mol. The SMILES string of the molecule is Cc1cc(CNC(=O)c2cc(Br)cs2)nc(N2CCCC2)n1. The second kappa shape index (κ2) is 6.75. The van der Waals surface area contributed by atoms with Crippen molar-refractivity contribution in [2.24, 2.45) is 0 Å². The fourth-order valence-corrected chi connectivity index (χ4v) is 3.80. The summed E-state index contributed by atoms with van der Waals surface area (Å²) >= 11 is 4.78. The molecule has 3 heterocycles. The van der Waals surface area contributed by atoms with E-state index in [9.17, 15) is 4.79 Å². The molecule has 2 aromatic heterocycles. The van der Waals surface area contributed by atoms with Crippen molar-refractivity contribution in [2.45, 2.75) is 26.3 Å². The van der Waals surface area contributed by atoms with Crippen LogP contribution in [-0.2, 0) is 6.54 Å². The predicted molar refractivity (Wildman–Crippen MR) is 91.4 cm³/mol. The van der Waals surface area contributed by atoms with E-state index in [-0.39, 0.29) is 5.91 Å². The van der Waals surface area contributed by atoms with Crippen LogP contribution in [-0.4, -0.2) is 29.0 Å². The minimum absolute atomic E-state index is 0.0744. The van der Waals surface area contributed by atoms with E-state index in [1.165, 1.54) is 24.2 Å². The molecular formula is C15H17BrN4OS. The van der Waals surface area contributed by atoms with Crippen molar-refractivity contribution in [2.75, 3.05) is 18.0 Å². The minimum Gasteiger partial charge on any atom is -0.346 e. The summed E-state index contributed by atoms with van der Waals surface area (Å²) in [5.74, 6) is 0.704. The first-order valence-corrected chi connectivity index (χ1v) is 8.91. The van der Waals surface area contributed by atoms with Crippen molar-refractivity contribution in [1.29, 1.82) is 0 Å². The lowest BCUT2D eigenvalue weighted by Crippen LogP contribution is -2.25. The molecule has 0 aliphatic carbocycles. The highest BCUT2D eigenvalue weighted by atomic mass is 79.9. The zero-order chi connectivity index (χ0) is 15.5. The van der Waals surface area contributed by atoms with E-state index in [0.29, 0.717) is 11.4 Å². The van der Waals surface area contributed by atoms with E-state index in [0.717, 1.165) is 34.9 Å². The molecule has 22 heavy (non-hydrogen) atoms. The van der Waals surface area contributed by atoms with Gasteiger partial charge in [0.05, 0.1) is 17.1 Å². The molecule has 0 radical (unpaired) electrons. The minimum atomic E-state index is -0.0744. The number of carbonyl (C=O) groups is 1. The maximum atomic E-state index is 12.1. The molecule has 0 unspecified atom stereocenters. The topological polar surface area (TPSA) is 58.1 Å². The largest absolute Gasteiger partial charge is 0.346 e. The molecule has 1 N–H and O–H groups in total. The molecule has 116 valence electrons. The summed E-state index contributed by atoms with van der Waals surface area (Å²) in [7, 11) is 0. The maximum absolute atomic E-state index is 12.1. The van der Waals surface area contributed by atoms with E-state index in [1.807, 2.05) is 24.4 Å². The molecule has 0 spiro atoms. The molecule has 7 heteroatoms. The number of aryl methyl sites for hydroxylation is 1. The van der Waals surface area contributed by atoms with Crippen molar-refractivity contribution in [3.63, 3.8) is 0 Å². The average Bonchev–Trinajstić information content (AvgIpc) is 3.15. The van der Waals surface area contributed by atoms with Crippen LogP contribution in [0.15, 0.2) is 22.0 Å². The van der Waals surface area contributed by atoms with Crippen LogP contribution in [0.3, 0.4) is 0 Å². The van der Waals surface area contributed by atoms with E-state index in [4.69, 9.17) is 0 Å². The molecule has 1 amide bonds. The van der Waals surface area contributed by atoms with Gasteiger partial charge in [0.15, 0.2) is 0 Å². The molecule has 1 aliphatic rings. The van der Waals surface area contributed by atoms with E-state index in [1.54, 1.807) is 0 Å². The summed E-state index contributed by atoms with van der Waals surface area (Å²) < 4.78 is 0.928. The van der Waals surface area contributed by atoms with Crippen LogP contribution in [0.25, 0.3) is 0 Å². The maximum Gasteiger partial charge on any atom is 0.261 e. The summed E-state index contributed by atoms with van der Waals surface area (Å²) in [4.78, 5) is 24.1. The fraction of sp³-hybridized carbons (Fsp3) is 0.400. The standard InChI is InChI=1S/C15H17BrN4OS/c1-10-6-12(19-15(18-10)20-4-2-3-5-20)8-17-14(21)13-7-11(16)9-22-13/h6-7,9H,2-5,8H2,1H3,(H,17,21). The Morgan fingerprint density at radius 2 is 2.14 bits per heavy atom. The Morgan fingerprint density at radius 3 is 2.82 bits per heavy atom. The molecule has 2 aromatic rings. The van der Waals surface area contributed by atoms with Crippen molar-refractivity contribution >= 4 is 39.1 Å². The summed E-state index contributed by atoms with van der Waals surface area (Å²) in [6.45, 7) is 4.40. The first kappa shape index (κ1) is 15.4. The number of carbonyl (C=O) groups excluding carboxylic acids is 1. The summed E-state index contributed by atoms with van der Waals surface area (Å²) in [5.41, 5.74) is 1.78. The van der Waals surface area contributed by atoms with Crippen LogP contribution in [0.5, 0.6) is 0 Å². The zero-order valence-corrected chi connectivity index (χ0v) is 14.7. The van der Waals surface area contributed by atoms with Crippen LogP contribution >= 0.6 is 27.3 Å². The number of hydrogen-bond donors (Lipinski definition) is 1. The Balaban J connectivity index is 1.68. The van der Waals surface area contributed by atoms with Crippen molar-refractivity contribution in [3.8, 4) is 0 Å². The van der Waals surface area contributed by atoms with Crippen LogP contribution in [0.4, 0.5) is 5.95 Å². The highest BCUT2D eigenvalue weighted by Crippen LogP contribution is 2.20. The molecule has 1 aliphatic heterocycles. The molecule has 0 aromatic carbocycles. The van der Waals surface area contributed by atoms with Gasteiger partial charge in [0.25, 0.3) is 5.91 Å². The fourth-order valence-electron chi connectivity index (χ4n) is 2.46. The number of halogens is 1. The van der Waals surface area contributed by atoms with Gasteiger partial charge in [-0.15, -0.1) is 11.3 Å². The summed E-state index contributed by atoms with van der Waals surface area (Å²) in [5, 5.41) is 4.81. The Morgan fingerprint density at radius 1 is 1.36 bits per heavy atom. The second-order valence-electron chi connectivity index (χ2n) is 5.31. The number of thiophene rings is 1. The number of rotatable bonds is 4. The van der Waals surface area contributed by atoms with Crippen molar-refractivity contribution in [3.05, 3.63) is 38.3 Å². The summed E-state index contributed by atoms with van der Waals surface area (Å²) in [6, 6.07) is 3.74. The third-order valence-electron chi connectivity index (χ3n) is 3.51. The molecule has 0 atom stereocenters. The van der Waals surface area contributed by atoms with Gasteiger partial charge in [0, 0.05) is 28.6 Å². The van der Waals surface area contributed by atoms with Gasteiger partial charge < -0.3 is 10.2 Å². The van der Waals surface area contributed by atoms with Gasteiger partial charge in [-0.25, -0.2) is 9.97 Å². The highest BCUT2D eigenvalue weighted by Gasteiger charge is 2.16. The van der Waals surface area contributed by atoms with Crippen LogP contribution < -0.4 is 10.2 Å². The lowest BCUT2D eigenvalue weighted by Gasteiger charge is -2.16. The van der Waals surface area contributed by atoms with E-state index in [2.05, 4.69) is 36.1 Å². The third-order valence-corrected chi connectivity index (χ3v) is 5.20. The van der Waals surface area contributed by atoms with Gasteiger partial charge in [-0.3, -0.25) is 4.79 Å². The molecular weight excluding hydrogens is 364 g/mol. The van der Waals surface area contributed by atoms with Crippen LogP contribution in [0, 0.1) is 6.92 Å². The Kier molecular flexibility index (Phi) is 4.73. The zero-order valence-electron chi connectivity index (χ0n) is 12.3. The molecule has 5 nitrogen and oxygen atoms in total. The van der Waals surface area contributed by atoms with Gasteiger partial charge in [0.2, 0.25) is 5.95 Å². The Bertz CT molecular complexity index is 682. The number of anilines is 1. The highest BCUT2D eigenvalue weighted by molar-refractivity contribution is 9.10. The number of aromatic nitrogens is 2. The Hall–Kier alpha value is -1.47. The third kappa shape index (κ3) is 3.64. The first-order valence-electron chi connectivity index (χ1n) is 7.23. The second-order valence-corrected chi connectivity index (χ2v) is 7.13. The molecule has 0 saturated carbocycles. The van der Waals surface area contributed by atoms with Crippen molar-refractivity contribution in [1.82, 2.24) is 15.3 Å². The lowest BCUT2D eigenvalue weighted by atomic mass is 10.3. The molecule has 3 rings (SSSR count). The molecule has 1 fully saturated rings. The normalized spacial score (nSPS) is 14.4. The van der Waals surface area contributed by atoms with Crippen LogP contribution in [0.2, 0.25) is 0 Å².